The van der Waals surface area contributed by atoms with Gasteiger partial charge in [0.15, 0.2) is 0 Å². The van der Waals surface area contributed by atoms with Crippen LogP contribution < -0.4 is 10.1 Å². The lowest BCUT2D eigenvalue weighted by molar-refractivity contribution is 0.297. The van der Waals surface area contributed by atoms with Gasteiger partial charge >= 0.3 is 0 Å². The molecule has 0 fully saturated rings. The van der Waals surface area contributed by atoms with Crippen LogP contribution >= 0.6 is 23.2 Å². The van der Waals surface area contributed by atoms with Gasteiger partial charge < -0.3 is 10.1 Å². The Morgan fingerprint density at radius 1 is 0.880 bits per heavy atom. The van der Waals surface area contributed by atoms with E-state index in [9.17, 15) is 4.39 Å². The maximum atomic E-state index is 13.7. The van der Waals surface area contributed by atoms with Crippen molar-refractivity contribution in [1.82, 2.24) is 0 Å². The number of nitrogens with one attached hydrogen (secondary N) is 1. The first kappa shape index (κ1) is 17.6. The van der Waals surface area contributed by atoms with Gasteiger partial charge in [-0.25, -0.2) is 4.39 Å². The summed E-state index contributed by atoms with van der Waals surface area (Å²) in [6.45, 7) is 0.676. The van der Waals surface area contributed by atoms with Gasteiger partial charge in [0.2, 0.25) is 0 Å². The summed E-state index contributed by atoms with van der Waals surface area (Å²) < 4.78 is 19.5. The molecule has 0 amide bonds. The van der Waals surface area contributed by atoms with E-state index >= 15 is 0 Å². The molecule has 1 N–H and O–H groups in total. The molecule has 5 heteroatoms. The molecule has 0 aliphatic rings. The Morgan fingerprint density at radius 3 is 2.40 bits per heavy atom. The summed E-state index contributed by atoms with van der Waals surface area (Å²) >= 11 is 12.2. The Morgan fingerprint density at radius 2 is 1.60 bits per heavy atom. The summed E-state index contributed by atoms with van der Waals surface area (Å²) in [4.78, 5) is 0. The summed E-state index contributed by atoms with van der Waals surface area (Å²) in [5.41, 5.74) is 2.20. The smallest absolute Gasteiger partial charge is 0.129 e. The Balaban J connectivity index is 1.70. The van der Waals surface area contributed by atoms with E-state index in [-0.39, 0.29) is 12.4 Å². The van der Waals surface area contributed by atoms with Crippen LogP contribution in [-0.2, 0) is 13.2 Å². The first-order valence-corrected chi connectivity index (χ1v) is 8.52. The lowest BCUT2D eigenvalue weighted by Crippen LogP contribution is -2.04. The highest BCUT2D eigenvalue weighted by atomic mass is 35.5. The van der Waals surface area contributed by atoms with Gasteiger partial charge in [-0.15, -0.1) is 0 Å². The maximum Gasteiger partial charge on any atom is 0.129 e. The molecule has 0 bridgehead atoms. The number of benzene rings is 3. The van der Waals surface area contributed by atoms with Crippen LogP contribution in [0.3, 0.4) is 0 Å². The molecule has 3 rings (SSSR count). The van der Waals surface area contributed by atoms with Crippen molar-refractivity contribution in [2.24, 2.45) is 0 Å². The van der Waals surface area contributed by atoms with Crippen molar-refractivity contribution in [3.63, 3.8) is 0 Å². The minimum Gasteiger partial charge on any atom is -0.488 e. The van der Waals surface area contributed by atoms with Crippen LogP contribution in [0.2, 0.25) is 10.0 Å². The minimum absolute atomic E-state index is 0.168. The van der Waals surface area contributed by atoms with Crippen molar-refractivity contribution < 1.29 is 9.13 Å². The summed E-state index contributed by atoms with van der Waals surface area (Å²) in [6.07, 6.45) is 0. The fraction of sp³-hybridized carbons (Fsp3) is 0.100. The highest BCUT2D eigenvalue weighted by Gasteiger charge is 2.07. The van der Waals surface area contributed by atoms with Crippen molar-refractivity contribution in [2.45, 2.75) is 13.2 Å². The van der Waals surface area contributed by atoms with E-state index in [0.717, 1.165) is 11.3 Å². The van der Waals surface area contributed by atoms with E-state index in [4.69, 9.17) is 27.9 Å². The maximum absolute atomic E-state index is 13.7. The Bertz CT molecular complexity index is 870. The average Bonchev–Trinajstić information content (AvgIpc) is 2.62. The minimum atomic E-state index is -0.274. The van der Waals surface area contributed by atoms with E-state index in [2.05, 4.69) is 5.32 Å². The fourth-order valence-corrected chi connectivity index (χ4v) is 2.74. The van der Waals surface area contributed by atoms with Crippen LogP contribution in [0, 0.1) is 5.82 Å². The number of para-hydroxylation sites is 1. The van der Waals surface area contributed by atoms with Crippen molar-refractivity contribution >= 4 is 28.9 Å². The molecule has 3 aromatic rings. The van der Waals surface area contributed by atoms with E-state index in [1.165, 1.54) is 6.07 Å². The molecule has 0 spiro atoms. The van der Waals surface area contributed by atoms with Crippen molar-refractivity contribution in [1.29, 1.82) is 0 Å². The second-order valence-corrected chi connectivity index (χ2v) is 6.31. The van der Waals surface area contributed by atoms with Crippen molar-refractivity contribution in [3.05, 3.63) is 93.7 Å². The number of ether oxygens (including phenoxy) is 1. The van der Waals surface area contributed by atoms with Gasteiger partial charge in [0.1, 0.15) is 18.2 Å². The van der Waals surface area contributed by atoms with Crippen LogP contribution in [0.4, 0.5) is 10.1 Å². The van der Waals surface area contributed by atoms with Gasteiger partial charge in [-0.1, -0.05) is 59.6 Å². The molecule has 0 radical (unpaired) electrons. The van der Waals surface area contributed by atoms with Gasteiger partial charge in [0, 0.05) is 22.7 Å². The summed E-state index contributed by atoms with van der Waals surface area (Å²) in [5.74, 6) is 0.417. The van der Waals surface area contributed by atoms with Gasteiger partial charge in [0.05, 0.1) is 10.7 Å². The second kappa shape index (κ2) is 8.24. The highest BCUT2D eigenvalue weighted by Crippen LogP contribution is 2.27. The van der Waals surface area contributed by atoms with Crippen molar-refractivity contribution in [3.8, 4) is 5.75 Å². The lowest BCUT2D eigenvalue weighted by Gasteiger charge is -2.14. The Kier molecular flexibility index (Phi) is 5.79. The average molecular weight is 376 g/mol. The molecule has 0 unspecified atom stereocenters. The third-order valence-corrected chi connectivity index (χ3v) is 4.28. The van der Waals surface area contributed by atoms with Gasteiger partial charge in [-0.05, 0) is 30.3 Å². The molecule has 0 heterocycles. The normalized spacial score (nSPS) is 10.5. The van der Waals surface area contributed by atoms with Crippen molar-refractivity contribution in [2.75, 3.05) is 5.32 Å². The first-order chi connectivity index (χ1) is 12.1. The molecule has 128 valence electrons. The summed E-state index contributed by atoms with van der Waals surface area (Å²) in [6, 6.07) is 19.4. The van der Waals surface area contributed by atoms with Crippen LogP contribution in [0.25, 0.3) is 0 Å². The first-order valence-electron chi connectivity index (χ1n) is 7.76. The summed E-state index contributed by atoms with van der Waals surface area (Å²) in [5, 5.41) is 4.45. The Hall–Kier alpha value is -2.23. The predicted octanol–water partition coefficient (Wildman–Crippen LogP) is 6.32. The fourth-order valence-electron chi connectivity index (χ4n) is 2.39. The lowest BCUT2D eigenvalue weighted by atomic mass is 10.2. The molecule has 0 saturated carbocycles. The third kappa shape index (κ3) is 4.65. The molecule has 3 aromatic carbocycles. The standard InChI is InChI=1S/C20H16Cl2FNO/c21-16-9-10-17(22)19(11-16)24-12-14-5-2-4-8-20(14)25-13-15-6-1-3-7-18(15)23/h1-11,24H,12-13H2. The molecule has 2 nitrogen and oxygen atoms in total. The SMILES string of the molecule is Fc1ccccc1COc1ccccc1CNc1cc(Cl)ccc1Cl. The predicted molar refractivity (Wildman–Crippen MR) is 101 cm³/mol. The molecule has 0 aliphatic carbocycles. The molecule has 25 heavy (non-hydrogen) atoms. The number of rotatable bonds is 6. The Labute approximate surface area is 156 Å². The topological polar surface area (TPSA) is 21.3 Å². The zero-order valence-corrected chi connectivity index (χ0v) is 14.8. The number of halogens is 3. The largest absolute Gasteiger partial charge is 0.488 e. The molecule has 0 aromatic heterocycles. The molecular weight excluding hydrogens is 360 g/mol. The van der Waals surface area contributed by atoms with Crippen LogP contribution in [-0.4, -0.2) is 0 Å². The van der Waals surface area contributed by atoms with Crippen LogP contribution in [0.5, 0.6) is 5.75 Å². The van der Waals surface area contributed by atoms with Gasteiger partial charge in [0.25, 0.3) is 0 Å². The monoisotopic (exact) mass is 375 g/mol. The van der Waals surface area contributed by atoms with Gasteiger partial charge in [-0.2, -0.15) is 0 Å². The zero-order chi connectivity index (χ0) is 17.6. The molecule has 0 aliphatic heterocycles. The molecule has 0 atom stereocenters. The van der Waals surface area contributed by atoms with E-state index in [1.807, 2.05) is 24.3 Å². The molecular formula is C20H16Cl2FNO. The van der Waals surface area contributed by atoms with Gasteiger partial charge in [-0.3, -0.25) is 0 Å². The van der Waals surface area contributed by atoms with E-state index in [0.29, 0.717) is 27.9 Å². The number of hydrogen-bond acceptors (Lipinski definition) is 2. The summed E-state index contributed by atoms with van der Waals surface area (Å²) in [7, 11) is 0. The number of hydrogen-bond donors (Lipinski definition) is 1. The second-order valence-electron chi connectivity index (χ2n) is 5.47. The zero-order valence-electron chi connectivity index (χ0n) is 13.3. The van der Waals surface area contributed by atoms with Crippen LogP contribution in [0.15, 0.2) is 66.7 Å². The van der Waals surface area contributed by atoms with E-state index in [1.54, 1.807) is 36.4 Å². The highest BCUT2D eigenvalue weighted by molar-refractivity contribution is 6.35. The quantitative estimate of drug-likeness (QED) is 0.543. The van der Waals surface area contributed by atoms with Crippen LogP contribution in [0.1, 0.15) is 11.1 Å². The molecule has 0 saturated heterocycles. The van der Waals surface area contributed by atoms with E-state index < -0.39 is 0 Å². The third-order valence-electron chi connectivity index (χ3n) is 3.71. The number of anilines is 1.